The Balaban J connectivity index is 3.26. The lowest BCUT2D eigenvalue weighted by Gasteiger charge is -2.31. The molecule has 1 rings (SSSR count). The highest BCUT2D eigenvalue weighted by molar-refractivity contribution is 5.81. The molecule has 0 aromatic heterocycles. The first kappa shape index (κ1) is 18.7. The Kier molecular flexibility index (Phi) is 5.95. The number of benzene rings is 1. The van der Waals surface area contributed by atoms with Gasteiger partial charge in [-0.25, -0.2) is 14.0 Å². The van der Waals surface area contributed by atoms with E-state index in [0.717, 1.165) is 23.1 Å². The van der Waals surface area contributed by atoms with E-state index in [9.17, 15) is 24.2 Å². The molecule has 7 heteroatoms. The van der Waals surface area contributed by atoms with Crippen LogP contribution in [0.4, 0.5) is 9.18 Å². The van der Waals surface area contributed by atoms with Crippen molar-refractivity contribution in [1.29, 1.82) is 0 Å². The fourth-order valence-electron chi connectivity index (χ4n) is 2.10. The summed E-state index contributed by atoms with van der Waals surface area (Å²) in [7, 11) is 0. The number of phenols is 1. The van der Waals surface area contributed by atoms with Gasteiger partial charge in [0, 0.05) is 12.6 Å². The van der Waals surface area contributed by atoms with Crippen LogP contribution in [0.25, 0.3) is 0 Å². The van der Waals surface area contributed by atoms with Crippen molar-refractivity contribution >= 4 is 12.1 Å². The van der Waals surface area contributed by atoms with Crippen LogP contribution in [0.3, 0.4) is 0 Å². The topological polar surface area (TPSA) is 87.1 Å². The number of phenolic OH excluding ortho intramolecular Hbond substituents is 1. The minimum Gasteiger partial charge on any atom is -0.508 e. The summed E-state index contributed by atoms with van der Waals surface area (Å²) < 4.78 is 18.7. The van der Waals surface area contributed by atoms with E-state index >= 15 is 0 Å². The highest BCUT2D eigenvalue weighted by Gasteiger charge is 2.34. The van der Waals surface area contributed by atoms with Gasteiger partial charge in [0.2, 0.25) is 0 Å². The fraction of sp³-hybridized carbons (Fsp3) is 0.500. The molecule has 0 aliphatic rings. The average Bonchev–Trinajstić information content (AvgIpc) is 2.34. The Hall–Kier alpha value is -2.31. The minimum absolute atomic E-state index is 0.0330. The third-order valence-electron chi connectivity index (χ3n) is 2.86. The number of carboxylic acids is 1. The normalized spacial score (nSPS) is 12.6. The zero-order valence-corrected chi connectivity index (χ0v) is 13.7. The Morgan fingerprint density at radius 3 is 2.35 bits per heavy atom. The summed E-state index contributed by atoms with van der Waals surface area (Å²) in [5.74, 6) is -2.53. The number of aromatic hydroxyl groups is 1. The quantitative estimate of drug-likeness (QED) is 0.866. The summed E-state index contributed by atoms with van der Waals surface area (Å²) in [4.78, 5) is 25.0. The standard InChI is InChI=1S/C16H22FNO5/c1-5-6-18(15(22)23-16(2,3)4)13(14(20)21)10-7-11(17)9-12(19)8-10/h7-9,13,19H,5-6H2,1-4H3,(H,20,21). The molecule has 1 atom stereocenters. The molecule has 0 radical (unpaired) electrons. The van der Waals surface area contributed by atoms with Gasteiger partial charge >= 0.3 is 12.1 Å². The van der Waals surface area contributed by atoms with Gasteiger partial charge in [-0.1, -0.05) is 6.92 Å². The number of ether oxygens (including phenoxy) is 1. The molecule has 1 aromatic rings. The van der Waals surface area contributed by atoms with Gasteiger partial charge in [-0.05, 0) is 44.9 Å². The number of amides is 1. The van der Waals surface area contributed by atoms with Gasteiger partial charge in [0.15, 0.2) is 6.04 Å². The van der Waals surface area contributed by atoms with Crippen molar-refractivity contribution in [3.05, 3.63) is 29.6 Å². The SMILES string of the molecule is CCCN(C(=O)OC(C)(C)C)C(C(=O)O)c1cc(O)cc(F)c1. The molecule has 1 unspecified atom stereocenters. The molecule has 0 aliphatic heterocycles. The van der Waals surface area contributed by atoms with Crippen LogP contribution in [0.5, 0.6) is 5.75 Å². The lowest BCUT2D eigenvalue weighted by molar-refractivity contribution is -0.143. The maximum Gasteiger partial charge on any atom is 0.411 e. The monoisotopic (exact) mass is 327 g/mol. The van der Waals surface area contributed by atoms with E-state index in [1.54, 1.807) is 27.7 Å². The van der Waals surface area contributed by atoms with Crippen LogP contribution in [-0.2, 0) is 9.53 Å². The predicted octanol–water partition coefficient (Wildman–Crippen LogP) is 3.30. The predicted molar refractivity (Wildman–Crippen MR) is 81.7 cm³/mol. The Bertz CT molecular complexity index is 562. The molecule has 0 saturated heterocycles. The molecule has 128 valence electrons. The first-order chi connectivity index (χ1) is 10.5. The smallest absolute Gasteiger partial charge is 0.411 e. The highest BCUT2D eigenvalue weighted by atomic mass is 19.1. The first-order valence-corrected chi connectivity index (χ1v) is 7.27. The molecular formula is C16H22FNO5. The summed E-state index contributed by atoms with van der Waals surface area (Å²) in [6.07, 6.45) is -0.319. The van der Waals surface area contributed by atoms with Crippen molar-refractivity contribution in [2.45, 2.75) is 45.8 Å². The van der Waals surface area contributed by atoms with Crippen molar-refractivity contribution in [3.8, 4) is 5.75 Å². The number of nitrogens with zero attached hydrogens (tertiary/aromatic N) is 1. The maximum atomic E-state index is 13.5. The third kappa shape index (κ3) is 5.43. The Morgan fingerprint density at radius 1 is 1.30 bits per heavy atom. The van der Waals surface area contributed by atoms with Crippen molar-refractivity contribution < 1.29 is 28.9 Å². The van der Waals surface area contributed by atoms with Crippen LogP contribution >= 0.6 is 0 Å². The van der Waals surface area contributed by atoms with Gasteiger partial charge in [-0.3, -0.25) is 4.90 Å². The van der Waals surface area contributed by atoms with Crippen molar-refractivity contribution in [2.75, 3.05) is 6.54 Å². The molecule has 2 N–H and O–H groups in total. The third-order valence-corrected chi connectivity index (χ3v) is 2.86. The number of hydrogen-bond donors (Lipinski definition) is 2. The molecule has 0 bridgehead atoms. The molecular weight excluding hydrogens is 305 g/mol. The highest BCUT2D eigenvalue weighted by Crippen LogP contribution is 2.27. The summed E-state index contributed by atoms with van der Waals surface area (Å²) in [6.45, 7) is 6.89. The minimum atomic E-state index is -1.45. The molecule has 0 saturated carbocycles. The molecule has 0 fully saturated rings. The van der Waals surface area contributed by atoms with Crippen LogP contribution in [0.15, 0.2) is 18.2 Å². The molecule has 0 spiro atoms. The van der Waals surface area contributed by atoms with Gasteiger partial charge in [-0.15, -0.1) is 0 Å². The molecule has 0 heterocycles. The molecule has 1 amide bonds. The molecule has 0 aliphatic carbocycles. The van der Waals surface area contributed by atoms with Crippen LogP contribution < -0.4 is 0 Å². The van der Waals surface area contributed by atoms with Crippen molar-refractivity contribution in [2.24, 2.45) is 0 Å². The number of carbonyl (C=O) groups excluding carboxylic acids is 1. The van der Waals surface area contributed by atoms with Crippen LogP contribution in [0.1, 0.15) is 45.7 Å². The second-order valence-corrected chi connectivity index (χ2v) is 6.16. The van der Waals surface area contributed by atoms with Crippen molar-refractivity contribution in [1.82, 2.24) is 4.90 Å². The van der Waals surface area contributed by atoms with Gasteiger partial charge in [0.25, 0.3) is 0 Å². The van der Waals surface area contributed by atoms with Crippen LogP contribution in [0.2, 0.25) is 0 Å². The molecule has 23 heavy (non-hydrogen) atoms. The Morgan fingerprint density at radius 2 is 1.91 bits per heavy atom. The first-order valence-electron chi connectivity index (χ1n) is 7.27. The van der Waals surface area contributed by atoms with E-state index in [1.807, 2.05) is 0 Å². The Labute approximate surface area is 134 Å². The lowest BCUT2D eigenvalue weighted by atomic mass is 10.0. The van der Waals surface area contributed by atoms with Crippen LogP contribution in [0, 0.1) is 5.82 Å². The lowest BCUT2D eigenvalue weighted by Crippen LogP contribution is -2.42. The zero-order valence-electron chi connectivity index (χ0n) is 13.7. The summed E-state index contributed by atoms with van der Waals surface area (Å²) in [5, 5.41) is 19.0. The van der Waals surface area contributed by atoms with Crippen molar-refractivity contribution in [3.63, 3.8) is 0 Å². The number of carboxylic acid groups (broad SMARTS) is 1. The van der Waals surface area contributed by atoms with E-state index in [1.165, 1.54) is 0 Å². The zero-order chi connectivity index (χ0) is 17.8. The van der Waals surface area contributed by atoms with E-state index in [0.29, 0.717) is 6.42 Å². The maximum absolute atomic E-state index is 13.5. The van der Waals surface area contributed by atoms with E-state index in [-0.39, 0.29) is 12.1 Å². The second-order valence-electron chi connectivity index (χ2n) is 6.16. The summed E-state index contributed by atoms with van der Waals surface area (Å²) in [5.41, 5.74) is -0.828. The summed E-state index contributed by atoms with van der Waals surface area (Å²) >= 11 is 0. The second kappa shape index (κ2) is 7.30. The van der Waals surface area contributed by atoms with E-state index in [2.05, 4.69) is 0 Å². The number of carbonyl (C=O) groups is 2. The fourth-order valence-corrected chi connectivity index (χ4v) is 2.10. The van der Waals surface area contributed by atoms with Gasteiger partial charge in [0.05, 0.1) is 0 Å². The van der Waals surface area contributed by atoms with E-state index < -0.39 is 35.3 Å². The van der Waals surface area contributed by atoms with Crippen LogP contribution in [-0.4, -0.2) is 39.3 Å². The van der Waals surface area contributed by atoms with Gasteiger partial charge < -0.3 is 14.9 Å². The number of hydrogen-bond acceptors (Lipinski definition) is 4. The van der Waals surface area contributed by atoms with Gasteiger partial charge in [0.1, 0.15) is 17.2 Å². The molecule has 6 nitrogen and oxygen atoms in total. The number of halogens is 1. The van der Waals surface area contributed by atoms with E-state index in [4.69, 9.17) is 4.74 Å². The largest absolute Gasteiger partial charge is 0.508 e. The molecule has 1 aromatic carbocycles. The number of rotatable bonds is 5. The summed E-state index contributed by atoms with van der Waals surface area (Å²) in [6, 6.07) is 1.51. The average molecular weight is 327 g/mol. The number of aliphatic carboxylic acids is 1. The van der Waals surface area contributed by atoms with Gasteiger partial charge in [-0.2, -0.15) is 0 Å².